The van der Waals surface area contributed by atoms with Gasteiger partial charge in [-0.05, 0) is 23.6 Å². The molecule has 0 amide bonds. The molecular formula is C18H16N4O3. The van der Waals surface area contributed by atoms with E-state index in [1.165, 1.54) is 23.2 Å². The molecule has 0 aliphatic rings. The van der Waals surface area contributed by atoms with E-state index < -0.39 is 5.63 Å². The summed E-state index contributed by atoms with van der Waals surface area (Å²) in [6, 6.07) is 7.21. The molecule has 0 N–H and O–H groups in total. The first kappa shape index (κ1) is 15.3. The minimum atomic E-state index is -0.431. The quantitative estimate of drug-likeness (QED) is 0.533. The summed E-state index contributed by atoms with van der Waals surface area (Å²) in [6.07, 6.45) is 3.84. The third-order valence-corrected chi connectivity index (χ3v) is 4.36. The van der Waals surface area contributed by atoms with Crippen molar-refractivity contribution < 1.29 is 4.42 Å². The van der Waals surface area contributed by atoms with Gasteiger partial charge in [0.15, 0.2) is 5.65 Å². The number of hydrogen-bond donors (Lipinski definition) is 0. The molecule has 0 unspecified atom stereocenters. The number of fused-ring (bicyclic) bond motifs is 2. The second-order valence-electron chi connectivity index (χ2n) is 5.96. The zero-order chi connectivity index (χ0) is 17.6. The Kier molecular flexibility index (Phi) is 3.49. The minimum Gasteiger partial charge on any atom is -0.423 e. The van der Waals surface area contributed by atoms with Gasteiger partial charge in [0.05, 0.1) is 12.7 Å². The van der Waals surface area contributed by atoms with Crippen molar-refractivity contribution in [2.24, 2.45) is 7.05 Å². The summed E-state index contributed by atoms with van der Waals surface area (Å²) in [5.74, 6) is 0. The van der Waals surface area contributed by atoms with Crippen molar-refractivity contribution in [1.29, 1.82) is 0 Å². The van der Waals surface area contributed by atoms with E-state index in [0.29, 0.717) is 16.6 Å². The lowest BCUT2D eigenvalue weighted by Crippen LogP contribution is -2.21. The SMILES string of the molecule is CCc1ccc2c(Cn3cnc4c(cnn4C)c3=O)cc(=O)oc2c1. The number of benzene rings is 1. The maximum atomic E-state index is 12.6. The fourth-order valence-electron chi connectivity index (χ4n) is 2.99. The number of aryl methyl sites for hydroxylation is 2. The highest BCUT2D eigenvalue weighted by Crippen LogP contribution is 2.20. The molecule has 4 rings (SSSR count). The molecule has 0 bridgehead atoms. The van der Waals surface area contributed by atoms with Gasteiger partial charge in [-0.2, -0.15) is 5.10 Å². The van der Waals surface area contributed by atoms with Crippen LogP contribution in [0.25, 0.3) is 22.0 Å². The predicted molar refractivity (Wildman–Crippen MR) is 93.7 cm³/mol. The standard InChI is InChI=1S/C18H16N4O3/c1-3-11-4-5-13-12(7-16(23)25-15(13)6-11)9-22-10-19-17-14(18(22)24)8-20-21(17)2/h4-8,10H,3,9H2,1-2H3. The molecule has 7 nitrogen and oxygen atoms in total. The smallest absolute Gasteiger partial charge is 0.336 e. The Hall–Kier alpha value is -3.22. The van der Waals surface area contributed by atoms with Gasteiger partial charge in [0.2, 0.25) is 0 Å². The summed E-state index contributed by atoms with van der Waals surface area (Å²) in [4.78, 5) is 28.8. The Balaban J connectivity index is 1.87. The zero-order valence-corrected chi connectivity index (χ0v) is 13.9. The number of rotatable bonds is 3. The van der Waals surface area contributed by atoms with Gasteiger partial charge < -0.3 is 4.42 Å². The molecule has 25 heavy (non-hydrogen) atoms. The topological polar surface area (TPSA) is 82.9 Å². The number of hydrogen-bond acceptors (Lipinski definition) is 5. The maximum Gasteiger partial charge on any atom is 0.336 e. The zero-order valence-electron chi connectivity index (χ0n) is 13.9. The number of aromatic nitrogens is 4. The third-order valence-electron chi connectivity index (χ3n) is 4.36. The van der Waals surface area contributed by atoms with E-state index in [4.69, 9.17) is 4.42 Å². The molecule has 0 spiro atoms. The lowest BCUT2D eigenvalue weighted by atomic mass is 10.1. The van der Waals surface area contributed by atoms with E-state index in [0.717, 1.165) is 22.9 Å². The van der Waals surface area contributed by atoms with Gasteiger partial charge in [0.1, 0.15) is 17.3 Å². The molecule has 0 fully saturated rings. The average Bonchev–Trinajstić information content (AvgIpc) is 2.98. The molecule has 1 aromatic carbocycles. The second-order valence-corrected chi connectivity index (χ2v) is 5.96. The Morgan fingerprint density at radius 3 is 2.80 bits per heavy atom. The molecule has 0 saturated carbocycles. The van der Waals surface area contributed by atoms with Crippen LogP contribution in [0.3, 0.4) is 0 Å². The highest BCUT2D eigenvalue weighted by atomic mass is 16.4. The molecule has 7 heteroatoms. The van der Waals surface area contributed by atoms with Crippen LogP contribution in [-0.2, 0) is 20.0 Å². The van der Waals surface area contributed by atoms with Crippen LogP contribution in [-0.4, -0.2) is 19.3 Å². The van der Waals surface area contributed by atoms with E-state index in [1.54, 1.807) is 11.7 Å². The van der Waals surface area contributed by atoms with E-state index in [2.05, 4.69) is 10.1 Å². The molecule has 3 aromatic heterocycles. The summed E-state index contributed by atoms with van der Waals surface area (Å²) in [5.41, 5.74) is 2.25. The van der Waals surface area contributed by atoms with Crippen molar-refractivity contribution in [3.05, 3.63) is 68.7 Å². The lowest BCUT2D eigenvalue weighted by Gasteiger charge is -2.09. The van der Waals surface area contributed by atoms with Gasteiger partial charge in [0, 0.05) is 18.5 Å². The van der Waals surface area contributed by atoms with Crippen LogP contribution in [0, 0.1) is 0 Å². The van der Waals surface area contributed by atoms with E-state index in [-0.39, 0.29) is 12.1 Å². The molecule has 0 saturated heterocycles. The van der Waals surface area contributed by atoms with Gasteiger partial charge in [-0.25, -0.2) is 9.78 Å². The Morgan fingerprint density at radius 1 is 1.16 bits per heavy atom. The first-order valence-corrected chi connectivity index (χ1v) is 7.99. The van der Waals surface area contributed by atoms with E-state index in [9.17, 15) is 9.59 Å². The monoisotopic (exact) mass is 336 g/mol. The summed E-state index contributed by atoms with van der Waals surface area (Å²) >= 11 is 0. The van der Waals surface area contributed by atoms with Crippen LogP contribution >= 0.6 is 0 Å². The lowest BCUT2D eigenvalue weighted by molar-refractivity contribution is 0.557. The predicted octanol–water partition coefficient (Wildman–Crippen LogP) is 1.85. The van der Waals surface area contributed by atoms with Gasteiger partial charge in [-0.15, -0.1) is 0 Å². The number of nitrogens with zero attached hydrogens (tertiary/aromatic N) is 4. The maximum absolute atomic E-state index is 12.6. The third kappa shape index (κ3) is 2.53. The van der Waals surface area contributed by atoms with Crippen LogP contribution in [0.2, 0.25) is 0 Å². The Bertz CT molecular complexity index is 1220. The summed E-state index contributed by atoms with van der Waals surface area (Å²) in [7, 11) is 1.74. The van der Waals surface area contributed by atoms with Gasteiger partial charge in [-0.3, -0.25) is 14.0 Å². The molecule has 3 heterocycles. The van der Waals surface area contributed by atoms with Crippen molar-refractivity contribution in [1.82, 2.24) is 19.3 Å². The minimum absolute atomic E-state index is 0.190. The Labute approximate surface area is 142 Å². The van der Waals surface area contributed by atoms with Gasteiger partial charge >= 0.3 is 5.63 Å². The highest BCUT2D eigenvalue weighted by molar-refractivity contribution is 5.81. The van der Waals surface area contributed by atoms with E-state index in [1.807, 2.05) is 25.1 Å². The molecule has 0 atom stereocenters. The molecule has 0 aliphatic heterocycles. The first-order chi connectivity index (χ1) is 12.1. The van der Waals surface area contributed by atoms with Gasteiger partial charge in [0.25, 0.3) is 5.56 Å². The van der Waals surface area contributed by atoms with Crippen molar-refractivity contribution in [2.75, 3.05) is 0 Å². The van der Waals surface area contributed by atoms with Crippen molar-refractivity contribution in [3.8, 4) is 0 Å². The van der Waals surface area contributed by atoms with Gasteiger partial charge in [-0.1, -0.05) is 19.1 Å². The molecule has 0 aliphatic carbocycles. The molecular weight excluding hydrogens is 320 g/mol. The van der Waals surface area contributed by atoms with Crippen LogP contribution in [0.1, 0.15) is 18.1 Å². The molecule has 126 valence electrons. The second kappa shape index (κ2) is 5.70. The fourth-order valence-corrected chi connectivity index (χ4v) is 2.99. The van der Waals surface area contributed by atoms with Crippen molar-refractivity contribution in [3.63, 3.8) is 0 Å². The fraction of sp³-hybridized carbons (Fsp3) is 0.222. The van der Waals surface area contributed by atoms with E-state index >= 15 is 0 Å². The van der Waals surface area contributed by atoms with Crippen LogP contribution in [0.4, 0.5) is 0 Å². The van der Waals surface area contributed by atoms with Crippen LogP contribution < -0.4 is 11.2 Å². The molecule has 0 radical (unpaired) electrons. The molecule has 4 aromatic rings. The highest BCUT2D eigenvalue weighted by Gasteiger charge is 2.11. The summed E-state index contributed by atoms with van der Waals surface area (Å²) in [6.45, 7) is 2.28. The van der Waals surface area contributed by atoms with Crippen LogP contribution in [0.5, 0.6) is 0 Å². The summed E-state index contributed by atoms with van der Waals surface area (Å²) < 4.78 is 8.35. The van der Waals surface area contributed by atoms with Crippen molar-refractivity contribution >= 4 is 22.0 Å². The average molecular weight is 336 g/mol. The van der Waals surface area contributed by atoms with Crippen LogP contribution in [0.15, 0.2) is 50.8 Å². The Morgan fingerprint density at radius 2 is 2.00 bits per heavy atom. The normalized spacial score (nSPS) is 11.4. The van der Waals surface area contributed by atoms with Crippen molar-refractivity contribution in [2.45, 2.75) is 19.9 Å². The summed E-state index contributed by atoms with van der Waals surface area (Å²) in [5, 5.41) is 5.33. The first-order valence-electron chi connectivity index (χ1n) is 7.99. The largest absolute Gasteiger partial charge is 0.423 e.